The molecule has 2 atom stereocenters. The molecule has 49 heavy (non-hydrogen) atoms. The largest absolute Gasteiger partial charge is 0.418 e. The normalized spacial score (nSPS) is 15.9. The monoisotopic (exact) mass is 704 g/mol. The lowest BCUT2D eigenvalue weighted by molar-refractivity contribution is -0.234. The Morgan fingerprint density at radius 1 is 1.10 bits per heavy atom. The zero-order chi connectivity index (χ0) is 36.4. The molecular weight excluding hydrogens is 677 g/mol. The van der Waals surface area contributed by atoms with Crippen molar-refractivity contribution in [1.82, 2.24) is 15.3 Å². The molecule has 1 aliphatic heterocycles. The van der Waals surface area contributed by atoms with Crippen molar-refractivity contribution in [2.24, 2.45) is 0 Å². The van der Waals surface area contributed by atoms with E-state index in [1.54, 1.807) is 0 Å². The Morgan fingerprint density at radius 3 is 2.37 bits per heavy atom. The molecule has 5 N–H and O–H groups in total. The van der Waals surface area contributed by atoms with Gasteiger partial charge in [-0.15, -0.1) is 0 Å². The molecule has 0 amide bonds. The fraction of sp³-hybridized carbons (Fsp3) is 0.250. The van der Waals surface area contributed by atoms with E-state index in [1.165, 1.54) is 19.1 Å². The van der Waals surface area contributed by atoms with Crippen molar-refractivity contribution in [3.63, 3.8) is 0 Å². The van der Waals surface area contributed by atoms with Crippen LogP contribution in [0.1, 0.15) is 41.0 Å². The van der Waals surface area contributed by atoms with E-state index in [0.717, 1.165) is 43.3 Å². The molecule has 5 rings (SSSR count). The average Bonchev–Trinajstić information content (AvgIpc) is 3.35. The summed E-state index contributed by atoms with van der Waals surface area (Å²) in [5.74, 6) is -5.60. The summed E-state index contributed by atoms with van der Waals surface area (Å²) in [4.78, 5) is 9.84. The van der Waals surface area contributed by atoms with E-state index in [2.05, 4.69) is 33.8 Å². The molecule has 256 valence electrons. The maximum absolute atomic E-state index is 14.7. The molecule has 1 aromatic heterocycles. The van der Waals surface area contributed by atoms with Crippen LogP contribution in [0.5, 0.6) is 0 Å². The molecule has 0 fully saturated rings. The highest BCUT2D eigenvalue weighted by Gasteiger charge is 2.46. The second-order valence-corrected chi connectivity index (χ2v) is 11.9. The third-order valence-electron chi connectivity index (χ3n) is 8.08. The van der Waals surface area contributed by atoms with Gasteiger partial charge in [0.2, 0.25) is 0 Å². The second-order valence-electron chi connectivity index (χ2n) is 11.5. The maximum atomic E-state index is 14.7. The van der Waals surface area contributed by atoms with Crippen molar-refractivity contribution in [3.8, 4) is 0 Å². The molecular formula is C32H28BClF6N6O3. The van der Waals surface area contributed by atoms with Crippen LogP contribution in [0.2, 0.25) is 5.02 Å². The molecule has 0 saturated carbocycles. The number of aryl methyl sites for hydroxylation is 1. The summed E-state index contributed by atoms with van der Waals surface area (Å²) < 4.78 is 86.0. The average molecular weight is 705 g/mol. The number of fused-ring (bicyclic) bond motifs is 2. The van der Waals surface area contributed by atoms with Crippen molar-refractivity contribution in [1.29, 1.82) is 0 Å². The highest BCUT2D eigenvalue weighted by molar-refractivity contribution is 6.31. The summed E-state index contributed by atoms with van der Waals surface area (Å²) in [6.45, 7) is 8.65. The summed E-state index contributed by atoms with van der Waals surface area (Å²) in [6, 6.07) is 4.80. The van der Waals surface area contributed by atoms with Gasteiger partial charge in [-0.1, -0.05) is 24.8 Å². The smallest absolute Gasteiger partial charge is 0.392 e. The van der Waals surface area contributed by atoms with Crippen LogP contribution < -0.4 is 20.4 Å². The molecule has 2 unspecified atom stereocenters. The van der Waals surface area contributed by atoms with Crippen LogP contribution in [0.3, 0.4) is 0 Å². The van der Waals surface area contributed by atoms with Crippen LogP contribution >= 0.6 is 11.6 Å². The van der Waals surface area contributed by atoms with Crippen LogP contribution in [0, 0.1) is 18.6 Å². The number of likely N-dealkylation sites (N-methyl/N-ethyl adjacent to an activating group) is 1. The van der Waals surface area contributed by atoms with Crippen LogP contribution in [0.25, 0.3) is 16.6 Å². The van der Waals surface area contributed by atoms with E-state index >= 15 is 0 Å². The first kappa shape index (κ1) is 35.8. The van der Waals surface area contributed by atoms with Gasteiger partial charge in [0, 0.05) is 45.5 Å². The Hall–Kier alpha value is -4.51. The van der Waals surface area contributed by atoms with Gasteiger partial charge >= 0.3 is 6.18 Å². The fourth-order valence-electron chi connectivity index (χ4n) is 5.67. The molecule has 1 aliphatic rings. The van der Waals surface area contributed by atoms with Gasteiger partial charge in [-0.2, -0.15) is 13.2 Å². The lowest BCUT2D eigenvalue weighted by atomic mass is 9.79. The Kier molecular flexibility index (Phi) is 9.08. The number of rotatable bonds is 9. The van der Waals surface area contributed by atoms with Crippen molar-refractivity contribution in [2.75, 3.05) is 29.0 Å². The number of hydrogen-bond acceptors (Lipinski definition) is 9. The number of benzene rings is 3. The van der Waals surface area contributed by atoms with Gasteiger partial charge in [-0.05, 0) is 56.4 Å². The number of alkyl halides is 4. The minimum absolute atomic E-state index is 0.0513. The van der Waals surface area contributed by atoms with Gasteiger partial charge in [0.05, 0.1) is 34.0 Å². The predicted octanol–water partition coefficient (Wildman–Crippen LogP) is 6.12. The number of aromatic nitrogens is 2. The summed E-state index contributed by atoms with van der Waals surface area (Å²) in [7, 11) is 6.79. The molecule has 17 heteroatoms. The highest BCUT2D eigenvalue weighted by atomic mass is 35.5. The molecule has 0 spiro atoms. The lowest BCUT2D eigenvalue weighted by Gasteiger charge is -2.43. The van der Waals surface area contributed by atoms with E-state index in [4.69, 9.17) is 19.4 Å². The van der Waals surface area contributed by atoms with E-state index in [9.17, 15) is 41.7 Å². The molecule has 2 radical (unpaired) electrons. The number of nitrogens with one attached hydrogen (secondary N) is 2. The molecule has 0 aliphatic carbocycles. The van der Waals surface area contributed by atoms with Crippen molar-refractivity contribution in [3.05, 3.63) is 100 Å². The van der Waals surface area contributed by atoms with Crippen molar-refractivity contribution < 1.29 is 41.7 Å². The van der Waals surface area contributed by atoms with Crippen LogP contribution in [-0.4, -0.2) is 58.4 Å². The van der Waals surface area contributed by atoms with Crippen molar-refractivity contribution in [2.45, 2.75) is 37.5 Å². The summed E-state index contributed by atoms with van der Waals surface area (Å²) >= 11 is 6.50. The minimum atomic E-state index is -5.00. The SMILES string of the molecule is [B]C(C)(O)C(O)(O)N(C)c1cc(Nc2nc(C)nc3c(C(F)(F)F)cc(F)cc23)c2c(c1N(C=C)CF)C(=C)NC2c1cc(F)ccc1Cl. The molecule has 3 aromatic carbocycles. The van der Waals surface area contributed by atoms with Gasteiger partial charge in [0.1, 0.15) is 31.1 Å². The second kappa shape index (κ2) is 12.4. The highest BCUT2D eigenvalue weighted by Crippen LogP contribution is 2.52. The zero-order valence-electron chi connectivity index (χ0n) is 26.1. The number of aliphatic hydroxyl groups is 3. The zero-order valence-corrected chi connectivity index (χ0v) is 26.8. The van der Waals surface area contributed by atoms with E-state index in [0.29, 0.717) is 11.0 Å². The molecule has 0 saturated heterocycles. The Bertz CT molecular complexity index is 2010. The number of anilines is 4. The van der Waals surface area contributed by atoms with Crippen LogP contribution in [0.15, 0.2) is 55.8 Å². The number of nitrogens with zero attached hydrogens (tertiary/aromatic N) is 4. The van der Waals surface area contributed by atoms with E-state index in [-0.39, 0.29) is 61.5 Å². The van der Waals surface area contributed by atoms with Gasteiger partial charge < -0.3 is 35.8 Å². The van der Waals surface area contributed by atoms with Gasteiger partial charge in [-0.3, -0.25) is 0 Å². The van der Waals surface area contributed by atoms with E-state index in [1.807, 2.05) is 0 Å². The van der Waals surface area contributed by atoms with Gasteiger partial charge in [-0.25, -0.2) is 23.1 Å². The number of hydrogen-bond donors (Lipinski definition) is 5. The first-order chi connectivity index (χ1) is 22.7. The molecule has 9 nitrogen and oxygen atoms in total. The van der Waals surface area contributed by atoms with Gasteiger partial charge in [0.25, 0.3) is 5.91 Å². The first-order valence-corrected chi connectivity index (χ1v) is 14.7. The topological polar surface area (TPSA) is 117 Å². The predicted molar refractivity (Wildman–Crippen MR) is 175 cm³/mol. The van der Waals surface area contributed by atoms with E-state index < -0.39 is 53.1 Å². The summed E-state index contributed by atoms with van der Waals surface area (Å²) in [5, 5.41) is 38.2. The Balaban J connectivity index is 1.91. The van der Waals surface area contributed by atoms with Gasteiger partial charge in [0.15, 0.2) is 6.80 Å². The number of halogens is 7. The first-order valence-electron chi connectivity index (χ1n) is 14.3. The fourth-order valence-corrected chi connectivity index (χ4v) is 5.90. The molecule has 2 heterocycles. The van der Waals surface area contributed by atoms with Crippen LogP contribution in [-0.2, 0) is 6.18 Å². The third-order valence-corrected chi connectivity index (χ3v) is 8.42. The summed E-state index contributed by atoms with van der Waals surface area (Å²) in [6.07, 6.45) is -3.92. The minimum Gasteiger partial charge on any atom is -0.392 e. The van der Waals surface area contributed by atoms with Crippen LogP contribution in [0.4, 0.5) is 49.2 Å². The molecule has 4 aromatic rings. The lowest BCUT2D eigenvalue weighted by Crippen LogP contribution is -2.63. The summed E-state index contributed by atoms with van der Waals surface area (Å²) in [5.41, 5.74) is -4.58. The Labute approximate surface area is 282 Å². The maximum Gasteiger partial charge on any atom is 0.418 e. The third kappa shape index (κ3) is 6.25. The quantitative estimate of drug-likeness (QED) is 0.0608. The van der Waals surface area contributed by atoms with Crippen molar-refractivity contribution >= 4 is 58.9 Å². The molecule has 0 bridgehead atoms. The Morgan fingerprint density at radius 2 is 1.78 bits per heavy atom. The standard InChI is InChI=1S/C32H28BClF6N6O3/c1-6-46(13-35)28-23(45(5)32(48,49)30(4,33)47)12-22(25-24(28)14(2)41-27(25)18-9-16(36)7-8-21(18)34)44-29-19-10-17(37)11-20(31(38,39)40)26(19)42-15(3)43-29/h6-12,27,41,47-49H,1-2,13H2,3-5H3,(H,42,43,44).